The van der Waals surface area contributed by atoms with Gasteiger partial charge in [0.15, 0.2) is 0 Å². The molecule has 0 aliphatic rings. The molecule has 0 saturated carbocycles. The fraction of sp³-hybridized carbons (Fsp3) is 0.417. The monoisotopic (exact) mass is 190 g/mol. The molecule has 1 aromatic carbocycles. The summed E-state index contributed by atoms with van der Waals surface area (Å²) in [6.45, 7) is 5.73. The van der Waals surface area contributed by atoms with Gasteiger partial charge in [0, 0.05) is 18.5 Å². The number of rotatable bonds is 1. The lowest BCUT2D eigenvalue weighted by Crippen LogP contribution is -2.36. The third-order valence-electron chi connectivity index (χ3n) is 2.00. The first-order valence-electron chi connectivity index (χ1n) is 4.68. The molecule has 1 radical (unpaired) electrons. The molecular weight excluding hydrogens is 174 g/mol. The highest BCUT2D eigenvalue weighted by molar-refractivity contribution is 5.96. The maximum Gasteiger partial charge on any atom is 0.232 e. The molecule has 2 nitrogen and oxygen atoms in total. The van der Waals surface area contributed by atoms with Gasteiger partial charge in [-0.2, -0.15) is 0 Å². The van der Waals surface area contributed by atoms with Crippen LogP contribution in [0.3, 0.4) is 0 Å². The second kappa shape index (κ2) is 3.82. The SMILES string of the molecule is CN(C(=O)C(C)(C)C)c1[c]cccc1. The lowest BCUT2D eigenvalue weighted by Gasteiger charge is -2.25. The molecule has 0 fully saturated rings. The summed E-state index contributed by atoms with van der Waals surface area (Å²) in [6, 6.07) is 10.5. The molecule has 1 amide bonds. The molecule has 0 saturated heterocycles. The minimum absolute atomic E-state index is 0.0972. The number of amides is 1. The van der Waals surface area contributed by atoms with E-state index < -0.39 is 0 Å². The van der Waals surface area contributed by atoms with Crippen molar-refractivity contribution in [1.82, 2.24) is 0 Å². The number of hydrogen-bond donors (Lipinski definition) is 0. The number of benzene rings is 1. The second-order valence-corrected chi connectivity index (χ2v) is 4.36. The summed E-state index contributed by atoms with van der Waals surface area (Å²) in [5, 5.41) is 0. The van der Waals surface area contributed by atoms with Gasteiger partial charge in [-0.05, 0) is 6.07 Å². The number of anilines is 1. The van der Waals surface area contributed by atoms with Crippen LogP contribution in [0.1, 0.15) is 20.8 Å². The Bertz CT molecular complexity index is 311. The minimum Gasteiger partial charge on any atom is -0.314 e. The van der Waals surface area contributed by atoms with Gasteiger partial charge in [-0.25, -0.2) is 0 Å². The van der Waals surface area contributed by atoms with Crippen LogP contribution >= 0.6 is 0 Å². The van der Waals surface area contributed by atoms with Crippen molar-refractivity contribution < 1.29 is 4.79 Å². The molecule has 0 bridgehead atoms. The number of carbonyl (C=O) groups excluding carboxylic acids is 1. The Kier molecular flexibility index (Phi) is 2.94. The van der Waals surface area contributed by atoms with Crippen LogP contribution in [-0.2, 0) is 4.79 Å². The number of carbonyl (C=O) groups is 1. The molecule has 0 spiro atoms. The molecule has 0 aliphatic carbocycles. The summed E-state index contributed by atoms with van der Waals surface area (Å²) < 4.78 is 0. The van der Waals surface area contributed by atoms with Crippen molar-refractivity contribution in [2.75, 3.05) is 11.9 Å². The first-order valence-corrected chi connectivity index (χ1v) is 4.68. The fourth-order valence-electron chi connectivity index (χ4n) is 1.21. The van der Waals surface area contributed by atoms with Crippen molar-refractivity contribution in [1.29, 1.82) is 0 Å². The van der Waals surface area contributed by atoms with Crippen molar-refractivity contribution in [3.63, 3.8) is 0 Å². The normalized spacial score (nSPS) is 11.1. The third-order valence-corrected chi connectivity index (χ3v) is 2.00. The van der Waals surface area contributed by atoms with E-state index in [1.807, 2.05) is 45.0 Å². The maximum absolute atomic E-state index is 11.9. The number of hydrogen-bond acceptors (Lipinski definition) is 1. The van der Waals surface area contributed by atoms with Gasteiger partial charge in [-0.1, -0.05) is 39.0 Å². The van der Waals surface area contributed by atoms with Gasteiger partial charge < -0.3 is 4.90 Å². The molecule has 0 aliphatic heterocycles. The Morgan fingerprint density at radius 1 is 1.36 bits per heavy atom. The third kappa shape index (κ3) is 2.34. The number of para-hydroxylation sites is 1. The highest BCUT2D eigenvalue weighted by Crippen LogP contribution is 2.20. The van der Waals surface area contributed by atoms with Gasteiger partial charge in [0.25, 0.3) is 0 Å². The van der Waals surface area contributed by atoms with E-state index in [4.69, 9.17) is 0 Å². The quantitative estimate of drug-likeness (QED) is 0.666. The first-order chi connectivity index (χ1) is 6.43. The molecule has 0 atom stereocenters. The predicted octanol–water partition coefficient (Wildman–Crippen LogP) is 2.50. The predicted molar refractivity (Wildman–Crippen MR) is 58.1 cm³/mol. The van der Waals surface area contributed by atoms with Crippen molar-refractivity contribution in [3.05, 3.63) is 30.3 Å². The van der Waals surface area contributed by atoms with E-state index in [0.29, 0.717) is 0 Å². The van der Waals surface area contributed by atoms with Crippen molar-refractivity contribution in [2.24, 2.45) is 5.41 Å². The first kappa shape index (κ1) is 10.8. The van der Waals surface area contributed by atoms with E-state index in [2.05, 4.69) is 6.07 Å². The topological polar surface area (TPSA) is 20.3 Å². The van der Waals surface area contributed by atoms with Crippen LogP contribution in [0.2, 0.25) is 0 Å². The standard InChI is InChI=1S/C12H16NO/c1-12(2,3)11(14)13(4)10-8-6-5-7-9-10/h5-8H,1-4H3. The minimum atomic E-state index is -0.349. The van der Waals surface area contributed by atoms with Gasteiger partial charge in [0.2, 0.25) is 5.91 Å². The lowest BCUT2D eigenvalue weighted by atomic mass is 9.95. The summed E-state index contributed by atoms with van der Waals surface area (Å²) in [5.74, 6) is 0.0972. The Morgan fingerprint density at radius 2 is 2.00 bits per heavy atom. The highest BCUT2D eigenvalue weighted by Gasteiger charge is 2.25. The highest BCUT2D eigenvalue weighted by atomic mass is 16.2. The van der Waals surface area contributed by atoms with Crippen LogP contribution in [0.25, 0.3) is 0 Å². The molecule has 1 rings (SSSR count). The van der Waals surface area contributed by atoms with Crippen LogP contribution < -0.4 is 4.90 Å². The average Bonchev–Trinajstić information content (AvgIpc) is 2.15. The summed E-state index contributed by atoms with van der Waals surface area (Å²) in [5.41, 5.74) is 0.464. The van der Waals surface area contributed by atoms with Crippen LogP contribution in [0, 0.1) is 11.5 Å². The molecule has 75 valence electrons. The fourth-order valence-corrected chi connectivity index (χ4v) is 1.21. The van der Waals surface area contributed by atoms with Crippen LogP contribution in [-0.4, -0.2) is 13.0 Å². The molecule has 14 heavy (non-hydrogen) atoms. The molecule has 0 aromatic heterocycles. The molecule has 0 heterocycles. The van der Waals surface area contributed by atoms with Crippen molar-refractivity contribution >= 4 is 11.6 Å². The second-order valence-electron chi connectivity index (χ2n) is 4.36. The summed E-state index contributed by atoms with van der Waals surface area (Å²) >= 11 is 0. The molecule has 2 heteroatoms. The van der Waals surface area contributed by atoms with E-state index in [9.17, 15) is 4.79 Å². The van der Waals surface area contributed by atoms with Gasteiger partial charge >= 0.3 is 0 Å². The summed E-state index contributed by atoms with van der Waals surface area (Å²) in [4.78, 5) is 13.5. The van der Waals surface area contributed by atoms with Crippen LogP contribution in [0.5, 0.6) is 0 Å². The Balaban J connectivity index is 2.87. The van der Waals surface area contributed by atoms with E-state index in [1.165, 1.54) is 0 Å². The zero-order chi connectivity index (χ0) is 10.8. The van der Waals surface area contributed by atoms with E-state index >= 15 is 0 Å². The Morgan fingerprint density at radius 3 is 2.43 bits per heavy atom. The van der Waals surface area contributed by atoms with Gasteiger partial charge in [-0.15, -0.1) is 0 Å². The molecule has 1 aromatic rings. The Labute approximate surface area is 85.5 Å². The van der Waals surface area contributed by atoms with E-state index in [1.54, 1.807) is 11.9 Å². The van der Waals surface area contributed by atoms with Crippen LogP contribution in [0.15, 0.2) is 24.3 Å². The number of nitrogens with zero attached hydrogens (tertiary/aromatic N) is 1. The summed E-state index contributed by atoms with van der Waals surface area (Å²) in [7, 11) is 1.78. The smallest absolute Gasteiger partial charge is 0.232 e. The molecular formula is C12H16NO. The zero-order valence-electron chi connectivity index (χ0n) is 9.16. The maximum atomic E-state index is 11.9. The van der Waals surface area contributed by atoms with Crippen LogP contribution in [0.4, 0.5) is 5.69 Å². The van der Waals surface area contributed by atoms with Gasteiger partial charge in [0.05, 0.1) is 5.69 Å². The van der Waals surface area contributed by atoms with Gasteiger partial charge in [0.1, 0.15) is 0 Å². The van der Waals surface area contributed by atoms with Crippen molar-refractivity contribution in [2.45, 2.75) is 20.8 Å². The van der Waals surface area contributed by atoms with Gasteiger partial charge in [-0.3, -0.25) is 4.79 Å². The van der Waals surface area contributed by atoms with E-state index in [0.717, 1.165) is 5.69 Å². The average molecular weight is 190 g/mol. The largest absolute Gasteiger partial charge is 0.314 e. The van der Waals surface area contributed by atoms with E-state index in [-0.39, 0.29) is 11.3 Å². The zero-order valence-corrected chi connectivity index (χ0v) is 9.16. The molecule has 0 N–H and O–H groups in total. The Hall–Kier alpha value is -1.31. The lowest BCUT2D eigenvalue weighted by molar-refractivity contribution is -0.125. The summed E-state index contributed by atoms with van der Waals surface area (Å²) in [6.07, 6.45) is 0. The van der Waals surface area contributed by atoms with Crippen molar-refractivity contribution in [3.8, 4) is 0 Å². The molecule has 0 unspecified atom stereocenters.